The summed E-state index contributed by atoms with van der Waals surface area (Å²) in [6.07, 6.45) is -0.669. The number of rotatable bonds is 5. The van der Waals surface area contributed by atoms with Crippen molar-refractivity contribution >= 4 is 6.09 Å². The summed E-state index contributed by atoms with van der Waals surface area (Å²) >= 11 is 0. The van der Waals surface area contributed by atoms with Crippen molar-refractivity contribution in [2.24, 2.45) is 0 Å². The fourth-order valence-electron chi connectivity index (χ4n) is 0.417. The van der Waals surface area contributed by atoms with Gasteiger partial charge >= 0.3 is 6.09 Å². The summed E-state index contributed by atoms with van der Waals surface area (Å²) < 4.78 is 4.36. The maximum absolute atomic E-state index is 10.5. The summed E-state index contributed by atoms with van der Waals surface area (Å²) in [6, 6.07) is 0. The second kappa shape index (κ2) is 6.20. The summed E-state index contributed by atoms with van der Waals surface area (Å²) in [4.78, 5) is 24.0. The highest BCUT2D eigenvalue weighted by molar-refractivity contribution is 5.67. The Morgan fingerprint density at radius 2 is 2.33 bits per heavy atom. The summed E-state index contributed by atoms with van der Waals surface area (Å²) in [5.74, 6) is 0. The Morgan fingerprint density at radius 3 is 2.83 bits per heavy atom. The quantitative estimate of drug-likeness (QED) is 0.355. The summed E-state index contributed by atoms with van der Waals surface area (Å²) in [6.45, 7) is 3.11. The molecule has 0 unspecified atom stereocenters. The van der Waals surface area contributed by atoms with Crippen LogP contribution in [0.3, 0.4) is 0 Å². The van der Waals surface area contributed by atoms with E-state index in [2.05, 4.69) is 21.8 Å². The highest BCUT2D eigenvalue weighted by atomic mass is 16.9. The van der Waals surface area contributed by atoms with Crippen molar-refractivity contribution < 1.29 is 19.5 Å². The zero-order valence-corrected chi connectivity index (χ0v) is 6.32. The third kappa shape index (κ3) is 6.59. The van der Waals surface area contributed by atoms with Gasteiger partial charge in [0.15, 0.2) is 0 Å². The molecule has 0 heterocycles. The largest absolute Gasteiger partial charge is 0.450 e. The first-order valence-electron chi connectivity index (χ1n) is 3.14. The van der Waals surface area contributed by atoms with Crippen molar-refractivity contribution in [2.75, 3.05) is 19.8 Å². The van der Waals surface area contributed by atoms with Crippen LogP contribution in [0.2, 0.25) is 0 Å². The molecule has 0 saturated carbocycles. The molecule has 0 bridgehead atoms. The van der Waals surface area contributed by atoms with E-state index in [0.717, 1.165) is 0 Å². The maximum Gasteiger partial charge on any atom is 0.407 e. The standard InChI is InChI=1S/C5H9N2O5/c1-2-11-5(8)6-3-4-12-7(9)10/h1-4H2,(H,6,8). The van der Waals surface area contributed by atoms with Gasteiger partial charge in [0.2, 0.25) is 0 Å². The molecule has 12 heavy (non-hydrogen) atoms. The van der Waals surface area contributed by atoms with Crippen LogP contribution in [-0.2, 0) is 9.57 Å². The number of nitrogens with zero attached hydrogens (tertiary/aromatic N) is 1. The van der Waals surface area contributed by atoms with E-state index < -0.39 is 11.2 Å². The Hall–Kier alpha value is -1.53. The lowest BCUT2D eigenvalue weighted by molar-refractivity contribution is -0.757. The average Bonchev–Trinajstić information content (AvgIpc) is 1.98. The van der Waals surface area contributed by atoms with Crippen molar-refractivity contribution in [3.8, 4) is 0 Å². The third-order valence-corrected chi connectivity index (χ3v) is 0.801. The van der Waals surface area contributed by atoms with Crippen molar-refractivity contribution in [2.45, 2.75) is 0 Å². The first-order valence-corrected chi connectivity index (χ1v) is 3.14. The Bertz CT molecular complexity index is 160. The lowest BCUT2D eigenvalue weighted by atomic mass is 10.7. The minimum Gasteiger partial charge on any atom is -0.450 e. The molecule has 0 aliphatic rings. The highest BCUT2D eigenvalue weighted by Crippen LogP contribution is 1.76. The second-order valence-corrected chi connectivity index (χ2v) is 1.62. The minimum absolute atomic E-state index is 0.0158. The molecule has 0 aromatic rings. The second-order valence-electron chi connectivity index (χ2n) is 1.62. The third-order valence-electron chi connectivity index (χ3n) is 0.801. The van der Waals surface area contributed by atoms with E-state index in [1.807, 2.05) is 0 Å². The molecule has 0 rings (SSSR count). The van der Waals surface area contributed by atoms with Gasteiger partial charge in [-0.3, -0.25) is 0 Å². The van der Waals surface area contributed by atoms with Crippen LogP contribution < -0.4 is 5.32 Å². The van der Waals surface area contributed by atoms with Crippen LogP contribution in [0.1, 0.15) is 0 Å². The number of nitrogens with one attached hydrogen (secondary N) is 1. The molecule has 0 aliphatic heterocycles. The Kier molecular flexibility index (Phi) is 5.41. The van der Waals surface area contributed by atoms with E-state index in [4.69, 9.17) is 0 Å². The maximum atomic E-state index is 10.5. The van der Waals surface area contributed by atoms with Gasteiger partial charge in [-0.25, -0.2) is 4.79 Å². The molecule has 1 amide bonds. The molecule has 0 spiro atoms. The Labute approximate surface area is 68.7 Å². The van der Waals surface area contributed by atoms with Crippen LogP contribution in [0.4, 0.5) is 4.79 Å². The normalized spacial score (nSPS) is 8.75. The average molecular weight is 177 g/mol. The van der Waals surface area contributed by atoms with Gasteiger partial charge in [-0.05, 0) is 6.92 Å². The fraction of sp³-hybridized carbons (Fsp3) is 0.600. The summed E-state index contributed by atoms with van der Waals surface area (Å²) in [5.41, 5.74) is 0. The number of hydrogen-bond acceptors (Lipinski definition) is 5. The Morgan fingerprint density at radius 1 is 1.67 bits per heavy atom. The first kappa shape index (κ1) is 10.5. The van der Waals surface area contributed by atoms with Gasteiger partial charge in [-0.2, -0.15) is 0 Å². The van der Waals surface area contributed by atoms with Crippen LogP contribution >= 0.6 is 0 Å². The van der Waals surface area contributed by atoms with Gasteiger partial charge in [-0.15, -0.1) is 10.1 Å². The topological polar surface area (TPSA) is 90.7 Å². The van der Waals surface area contributed by atoms with Crippen LogP contribution in [0.25, 0.3) is 0 Å². The molecule has 0 fully saturated rings. The zero-order chi connectivity index (χ0) is 9.40. The van der Waals surface area contributed by atoms with Gasteiger partial charge in [-0.1, -0.05) is 0 Å². The Balaban J connectivity index is 3.19. The molecule has 1 radical (unpaired) electrons. The SMILES string of the molecule is [CH2]COC(=O)NCCO[N+](=O)[O-]. The van der Waals surface area contributed by atoms with E-state index in [9.17, 15) is 14.9 Å². The molecule has 0 aromatic heterocycles. The van der Waals surface area contributed by atoms with Crippen LogP contribution in [0, 0.1) is 17.0 Å². The van der Waals surface area contributed by atoms with Gasteiger partial charge in [0.05, 0.1) is 6.61 Å². The molecule has 0 aliphatic carbocycles. The first-order chi connectivity index (χ1) is 5.66. The van der Waals surface area contributed by atoms with E-state index in [0.29, 0.717) is 0 Å². The number of carbonyl (C=O) groups is 1. The molecular formula is C5H9N2O5. The highest BCUT2D eigenvalue weighted by Gasteiger charge is 1.99. The van der Waals surface area contributed by atoms with Crippen LogP contribution in [0.5, 0.6) is 0 Å². The van der Waals surface area contributed by atoms with Crippen molar-refractivity contribution in [1.29, 1.82) is 0 Å². The van der Waals surface area contributed by atoms with Gasteiger partial charge in [0.1, 0.15) is 6.61 Å². The monoisotopic (exact) mass is 177 g/mol. The molecule has 7 nitrogen and oxygen atoms in total. The van der Waals surface area contributed by atoms with E-state index in [-0.39, 0.29) is 19.8 Å². The van der Waals surface area contributed by atoms with Gasteiger partial charge < -0.3 is 14.9 Å². The number of amides is 1. The van der Waals surface area contributed by atoms with E-state index >= 15 is 0 Å². The van der Waals surface area contributed by atoms with Crippen LogP contribution in [0.15, 0.2) is 0 Å². The lowest BCUT2D eigenvalue weighted by Gasteiger charge is -2.03. The molecule has 0 aromatic carbocycles. The molecule has 7 heteroatoms. The molecular weight excluding hydrogens is 168 g/mol. The molecule has 1 N–H and O–H groups in total. The molecule has 0 saturated heterocycles. The van der Waals surface area contributed by atoms with E-state index in [1.165, 1.54) is 0 Å². The summed E-state index contributed by atoms with van der Waals surface area (Å²) in [7, 11) is 0. The number of hydrogen-bond donors (Lipinski definition) is 1. The smallest absolute Gasteiger partial charge is 0.407 e. The van der Waals surface area contributed by atoms with Gasteiger partial charge in [0, 0.05) is 6.54 Å². The van der Waals surface area contributed by atoms with Crippen molar-refractivity contribution in [3.63, 3.8) is 0 Å². The fourth-order valence-corrected chi connectivity index (χ4v) is 0.417. The molecule has 69 valence electrons. The predicted molar refractivity (Wildman–Crippen MR) is 37.7 cm³/mol. The number of alkyl carbamates (subject to hydrolysis) is 1. The lowest BCUT2D eigenvalue weighted by Crippen LogP contribution is -2.28. The van der Waals surface area contributed by atoms with Crippen molar-refractivity contribution in [1.82, 2.24) is 5.32 Å². The summed E-state index contributed by atoms with van der Waals surface area (Å²) in [5, 5.41) is 10.9. The predicted octanol–water partition coefficient (Wildman–Crippen LogP) is -0.245. The minimum atomic E-state index is -0.936. The van der Waals surface area contributed by atoms with Crippen LogP contribution in [-0.4, -0.2) is 30.9 Å². The zero-order valence-electron chi connectivity index (χ0n) is 6.32. The number of carbonyl (C=O) groups excluding carboxylic acids is 1. The van der Waals surface area contributed by atoms with Gasteiger partial charge in [0.25, 0.3) is 5.09 Å². The molecule has 0 atom stereocenters. The number of ether oxygens (including phenoxy) is 1. The van der Waals surface area contributed by atoms with Crippen molar-refractivity contribution in [3.05, 3.63) is 17.0 Å². The van der Waals surface area contributed by atoms with E-state index in [1.54, 1.807) is 0 Å².